The molecule has 0 radical (unpaired) electrons. The second-order valence-electron chi connectivity index (χ2n) is 8.02. The zero-order chi connectivity index (χ0) is 24.6. The highest BCUT2D eigenvalue weighted by molar-refractivity contribution is 6.53. The number of anilines is 3. The van der Waals surface area contributed by atoms with Crippen molar-refractivity contribution >= 4 is 46.4 Å². The highest BCUT2D eigenvalue weighted by atomic mass is 35.5. The molecule has 6 nitrogen and oxygen atoms in total. The Hall–Kier alpha value is -3.97. The summed E-state index contributed by atoms with van der Waals surface area (Å²) in [6.45, 7) is 5.87. The first kappa shape index (κ1) is 23.2. The van der Waals surface area contributed by atoms with Crippen LogP contribution in [0, 0.1) is 26.6 Å². The van der Waals surface area contributed by atoms with E-state index in [0.717, 1.165) is 28.4 Å². The average Bonchev–Trinajstić information content (AvgIpc) is 3.00. The first-order valence-electron chi connectivity index (χ1n) is 10.5. The molecule has 0 atom stereocenters. The molecule has 0 saturated heterocycles. The number of nitrogens with zero attached hydrogens (tertiary/aromatic N) is 1. The monoisotopic (exact) mass is 477 g/mol. The number of carbonyl (C=O) groups is 3. The lowest BCUT2D eigenvalue weighted by Gasteiger charge is -2.16. The fourth-order valence-corrected chi connectivity index (χ4v) is 4.09. The van der Waals surface area contributed by atoms with E-state index in [1.807, 2.05) is 32.9 Å². The SMILES string of the molecule is Cc1cc(C)c(NC(=O)c2ccc(NC3=C(Cl)C(=O)N(c4ccccc4F)C3=O)cc2)c(C)c1. The van der Waals surface area contributed by atoms with Crippen molar-refractivity contribution in [1.29, 1.82) is 0 Å². The number of nitrogens with one attached hydrogen (secondary N) is 2. The van der Waals surface area contributed by atoms with E-state index in [2.05, 4.69) is 10.6 Å². The lowest BCUT2D eigenvalue weighted by molar-refractivity contribution is -0.120. The summed E-state index contributed by atoms with van der Waals surface area (Å²) in [4.78, 5) is 38.8. The number of hydrogen-bond acceptors (Lipinski definition) is 4. The highest BCUT2D eigenvalue weighted by Crippen LogP contribution is 2.31. The molecule has 1 aliphatic heterocycles. The molecule has 8 heteroatoms. The number of hydrogen-bond donors (Lipinski definition) is 2. The van der Waals surface area contributed by atoms with E-state index < -0.39 is 17.6 Å². The molecule has 0 aromatic heterocycles. The number of benzene rings is 3. The minimum absolute atomic E-state index is 0.168. The maximum Gasteiger partial charge on any atom is 0.283 e. The average molecular weight is 478 g/mol. The van der Waals surface area contributed by atoms with Crippen molar-refractivity contribution in [2.24, 2.45) is 0 Å². The summed E-state index contributed by atoms with van der Waals surface area (Å²) in [7, 11) is 0. The third-order valence-electron chi connectivity index (χ3n) is 5.45. The van der Waals surface area contributed by atoms with E-state index in [-0.39, 0.29) is 22.3 Å². The Labute approximate surface area is 201 Å². The van der Waals surface area contributed by atoms with Crippen molar-refractivity contribution < 1.29 is 18.8 Å². The molecule has 0 spiro atoms. The molecule has 0 saturated carbocycles. The molecule has 3 amide bonds. The molecule has 1 aliphatic rings. The number of rotatable bonds is 5. The molecular weight excluding hydrogens is 457 g/mol. The van der Waals surface area contributed by atoms with Crippen LogP contribution < -0.4 is 15.5 Å². The molecule has 1 heterocycles. The molecule has 3 aromatic rings. The molecule has 0 bridgehead atoms. The number of para-hydroxylation sites is 1. The minimum Gasteiger partial charge on any atom is -0.350 e. The van der Waals surface area contributed by atoms with Crippen LogP contribution in [-0.2, 0) is 9.59 Å². The maximum absolute atomic E-state index is 14.1. The number of imide groups is 1. The van der Waals surface area contributed by atoms with Crippen LogP contribution in [0.25, 0.3) is 0 Å². The van der Waals surface area contributed by atoms with E-state index in [1.165, 1.54) is 18.2 Å². The largest absolute Gasteiger partial charge is 0.350 e. The predicted molar refractivity (Wildman–Crippen MR) is 130 cm³/mol. The van der Waals surface area contributed by atoms with Gasteiger partial charge in [0.2, 0.25) is 0 Å². The van der Waals surface area contributed by atoms with E-state index in [1.54, 1.807) is 24.3 Å². The smallest absolute Gasteiger partial charge is 0.283 e. The Bertz CT molecular complexity index is 1340. The van der Waals surface area contributed by atoms with Gasteiger partial charge in [0.05, 0.1) is 5.69 Å². The third kappa shape index (κ3) is 4.30. The van der Waals surface area contributed by atoms with Gasteiger partial charge in [0.1, 0.15) is 16.5 Å². The summed E-state index contributed by atoms with van der Waals surface area (Å²) in [6, 6.07) is 15.8. The molecule has 4 rings (SSSR count). The number of aryl methyl sites for hydroxylation is 3. The first-order chi connectivity index (χ1) is 16.2. The van der Waals surface area contributed by atoms with Gasteiger partial charge in [-0.3, -0.25) is 14.4 Å². The van der Waals surface area contributed by atoms with E-state index in [4.69, 9.17) is 11.6 Å². The van der Waals surface area contributed by atoms with Crippen LogP contribution in [0.4, 0.5) is 21.5 Å². The first-order valence-corrected chi connectivity index (χ1v) is 10.8. The fourth-order valence-electron chi connectivity index (χ4n) is 3.88. The summed E-state index contributed by atoms with van der Waals surface area (Å²) in [5.41, 5.74) is 4.31. The van der Waals surface area contributed by atoms with E-state index in [9.17, 15) is 18.8 Å². The Morgan fingerprint density at radius 3 is 2.15 bits per heavy atom. The van der Waals surface area contributed by atoms with Crippen molar-refractivity contribution in [3.63, 3.8) is 0 Å². The second-order valence-corrected chi connectivity index (χ2v) is 8.39. The molecule has 3 aromatic carbocycles. The van der Waals surface area contributed by atoms with Crippen molar-refractivity contribution in [2.75, 3.05) is 15.5 Å². The zero-order valence-corrected chi connectivity index (χ0v) is 19.5. The van der Waals surface area contributed by atoms with Gasteiger partial charge in [-0.1, -0.05) is 41.4 Å². The van der Waals surface area contributed by atoms with Gasteiger partial charge in [-0.2, -0.15) is 0 Å². The molecule has 34 heavy (non-hydrogen) atoms. The number of halogens is 2. The maximum atomic E-state index is 14.1. The Balaban J connectivity index is 1.51. The van der Waals surface area contributed by atoms with Crippen molar-refractivity contribution in [2.45, 2.75) is 20.8 Å². The molecule has 0 unspecified atom stereocenters. The van der Waals surface area contributed by atoms with E-state index >= 15 is 0 Å². The van der Waals surface area contributed by atoms with Crippen molar-refractivity contribution in [3.8, 4) is 0 Å². The summed E-state index contributed by atoms with van der Waals surface area (Å²) < 4.78 is 14.1. The Morgan fingerprint density at radius 1 is 0.912 bits per heavy atom. The summed E-state index contributed by atoms with van der Waals surface area (Å²) in [5.74, 6) is -2.59. The molecule has 172 valence electrons. The summed E-state index contributed by atoms with van der Waals surface area (Å²) in [5, 5.41) is 5.40. The van der Waals surface area contributed by atoms with Crippen LogP contribution in [0.15, 0.2) is 71.4 Å². The summed E-state index contributed by atoms with van der Waals surface area (Å²) in [6.07, 6.45) is 0. The van der Waals surface area contributed by atoms with E-state index in [0.29, 0.717) is 16.2 Å². The van der Waals surface area contributed by atoms with Gasteiger partial charge in [0.15, 0.2) is 0 Å². The van der Waals surface area contributed by atoms with Gasteiger partial charge in [-0.15, -0.1) is 0 Å². The van der Waals surface area contributed by atoms with Gasteiger partial charge in [0.25, 0.3) is 17.7 Å². The molecular formula is C26H21ClFN3O3. The molecule has 2 N–H and O–H groups in total. The summed E-state index contributed by atoms with van der Waals surface area (Å²) >= 11 is 6.10. The van der Waals surface area contributed by atoms with Crippen LogP contribution in [0.1, 0.15) is 27.0 Å². The highest BCUT2D eigenvalue weighted by Gasteiger charge is 2.40. The van der Waals surface area contributed by atoms with Crippen LogP contribution in [0.5, 0.6) is 0 Å². The zero-order valence-electron chi connectivity index (χ0n) is 18.7. The van der Waals surface area contributed by atoms with Crippen molar-refractivity contribution in [1.82, 2.24) is 0 Å². The Morgan fingerprint density at radius 2 is 1.53 bits per heavy atom. The van der Waals surface area contributed by atoms with Crippen LogP contribution in [0.3, 0.4) is 0 Å². The molecule has 0 aliphatic carbocycles. The normalized spacial score (nSPS) is 13.5. The lowest BCUT2D eigenvalue weighted by Crippen LogP contribution is -2.33. The topological polar surface area (TPSA) is 78.5 Å². The number of amides is 3. The molecule has 0 fully saturated rings. The quantitative estimate of drug-likeness (QED) is 0.480. The fraction of sp³-hybridized carbons (Fsp3) is 0.115. The third-order valence-corrected chi connectivity index (χ3v) is 5.80. The van der Waals surface area contributed by atoms with Gasteiger partial charge in [-0.05, 0) is 68.3 Å². The van der Waals surface area contributed by atoms with Crippen LogP contribution in [0.2, 0.25) is 0 Å². The lowest BCUT2D eigenvalue weighted by atomic mass is 10.0. The second kappa shape index (κ2) is 9.11. The minimum atomic E-state index is -0.820. The van der Waals surface area contributed by atoms with Gasteiger partial charge < -0.3 is 10.6 Å². The van der Waals surface area contributed by atoms with Gasteiger partial charge in [0, 0.05) is 16.9 Å². The van der Waals surface area contributed by atoms with Crippen molar-refractivity contribution in [3.05, 3.63) is 99.5 Å². The van der Waals surface area contributed by atoms with Gasteiger partial charge in [-0.25, -0.2) is 9.29 Å². The van der Waals surface area contributed by atoms with Crippen LogP contribution >= 0.6 is 11.6 Å². The predicted octanol–water partition coefficient (Wildman–Crippen LogP) is 5.44. The van der Waals surface area contributed by atoms with Gasteiger partial charge >= 0.3 is 0 Å². The standard InChI is InChI=1S/C26H21ClFN3O3/c1-14-12-15(2)22(16(3)13-14)30-24(32)17-8-10-18(11-9-17)29-23-21(27)25(33)31(26(23)34)20-7-5-4-6-19(20)28/h4-13,29H,1-3H3,(H,30,32). The van der Waals surface area contributed by atoms with Crippen LogP contribution in [-0.4, -0.2) is 17.7 Å². The Kier molecular flexibility index (Phi) is 6.22. The number of carbonyl (C=O) groups excluding carboxylic acids is 3.